The van der Waals surface area contributed by atoms with Crippen LogP contribution in [0.15, 0.2) is 30.3 Å². The van der Waals surface area contributed by atoms with E-state index >= 15 is 0 Å². The summed E-state index contributed by atoms with van der Waals surface area (Å²) in [7, 11) is 3.33. The van der Waals surface area contributed by atoms with Crippen LogP contribution in [0.1, 0.15) is 73.1 Å². The number of ether oxygens (including phenoxy) is 2. The summed E-state index contributed by atoms with van der Waals surface area (Å²) < 4.78 is 11.6. The van der Waals surface area contributed by atoms with Crippen LogP contribution < -0.4 is 9.47 Å². The fraction of sp³-hybridized carbons (Fsp3) is 0.400. The summed E-state index contributed by atoms with van der Waals surface area (Å²) in [4.78, 5) is 11.0. The number of fused-ring (bicyclic) bond motifs is 1. The van der Waals surface area contributed by atoms with Gasteiger partial charge in [0.05, 0.1) is 19.8 Å². The Kier molecular flexibility index (Phi) is 5.36. The molecule has 0 spiro atoms. The van der Waals surface area contributed by atoms with Crippen LogP contribution in [0.4, 0.5) is 0 Å². The van der Waals surface area contributed by atoms with Gasteiger partial charge in [-0.25, -0.2) is 4.79 Å². The van der Waals surface area contributed by atoms with E-state index in [4.69, 9.17) is 14.6 Å². The molecular formula is C25H28O4. The molecule has 0 aliphatic heterocycles. The van der Waals surface area contributed by atoms with E-state index in [1.807, 2.05) is 0 Å². The highest BCUT2D eigenvalue weighted by atomic mass is 16.5. The summed E-state index contributed by atoms with van der Waals surface area (Å²) >= 11 is 0. The number of hydrogen-bond acceptors (Lipinski definition) is 3. The first-order valence-electron chi connectivity index (χ1n) is 9.76. The number of carbonyl (C=O) groups is 1. The molecule has 2 aromatic carbocycles. The largest absolute Gasteiger partial charge is 0.495 e. The second kappa shape index (κ2) is 7.48. The lowest BCUT2D eigenvalue weighted by atomic mass is 9.62. The van der Waals surface area contributed by atoms with Gasteiger partial charge in [0.1, 0.15) is 17.1 Å². The van der Waals surface area contributed by atoms with Crippen molar-refractivity contribution in [2.45, 2.75) is 51.4 Å². The molecule has 0 saturated heterocycles. The van der Waals surface area contributed by atoms with E-state index < -0.39 is 5.97 Å². The minimum atomic E-state index is -0.951. The number of carboxylic acids is 1. The monoisotopic (exact) mass is 392 g/mol. The van der Waals surface area contributed by atoms with E-state index in [0.717, 1.165) is 29.7 Å². The SMILES string of the molecule is COc1cc2c(c(OC)c1C#Cc1ccc(C(=O)O)cc1)C(C)(C)CCC2(C)C. The lowest BCUT2D eigenvalue weighted by Crippen LogP contribution is -2.34. The molecule has 4 heteroatoms. The van der Waals surface area contributed by atoms with Gasteiger partial charge in [0, 0.05) is 11.1 Å². The average molecular weight is 392 g/mol. The molecule has 29 heavy (non-hydrogen) atoms. The maximum Gasteiger partial charge on any atom is 0.335 e. The van der Waals surface area contributed by atoms with E-state index in [1.165, 1.54) is 11.1 Å². The predicted octanol–water partition coefficient (Wildman–Crippen LogP) is 5.15. The van der Waals surface area contributed by atoms with Gasteiger partial charge in [-0.1, -0.05) is 39.5 Å². The zero-order valence-electron chi connectivity index (χ0n) is 18.0. The Bertz CT molecular complexity index is 1000. The average Bonchev–Trinajstić information content (AvgIpc) is 2.69. The third kappa shape index (κ3) is 3.82. The standard InChI is InChI=1S/C25H28O4/c1-24(2)13-14-25(3,4)21-19(24)15-20(28-5)18(22(21)29-6)12-9-16-7-10-17(11-8-16)23(26)27/h7-8,10-11,15H,13-14H2,1-6H3,(H,26,27). The van der Waals surface area contributed by atoms with E-state index in [-0.39, 0.29) is 16.4 Å². The Labute approximate surface area is 172 Å². The van der Waals surface area contributed by atoms with Gasteiger partial charge in [-0.05, 0) is 59.6 Å². The molecule has 0 unspecified atom stereocenters. The fourth-order valence-corrected chi connectivity index (χ4v) is 4.04. The van der Waals surface area contributed by atoms with Gasteiger partial charge < -0.3 is 14.6 Å². The Morgan fingerprint density at radius 1 is 0.966 bits per heavy atom. The Morgan fingerprint density at radius 2 is 1.59 bits per heavy atom. The van der Waals surface area contributed by atoms with Crippen LogP contribution in [0.25, 0.3) is 0 Å². The number of hydrogen-bond donors (Lipinski definition) is 1. The van der Waals surface area contributed by atoms with E-state index in [9.17, 15) is 4.79 Å². The van der Waals surface area contributed by atoms with Crippen LogP contribution in [0, 0.1) is 11.8 Å². The second-order valence-electron chi connectivity index (χ2n) is 8.81. The molecule has 3 rings (SSSR count). The van der Waals surface area contributed by atoms with Crippen molar-refractivity contribution < 1.29 is 19.4 Å². The van der Waals surface area contributed by atoms with E-state index in [1.54, 1.807) is 38.5 Å². The minimum absolute atomic E-state index is 0.0258. The highest BCUT2D eigenvalue weighted by Gasteiger charge is 2.41. The van der Waals surface area contributed by atoms with Crippen molar-refractivity contribution in [2.24, 2.45) is 0 Å². The van der Waals surface area contributed by atoms with Gasteiger partial charge in [-0.15, -0.1) is 0 Å². The van der Waals surface area contributed by atoms with Crippen LogP contribution in [0.3, 0.4) is 0 Å². The molecule has 0 radical (unpaired) electrons. The molecule has 0 amide bonds. The topological polar surface area (TPSA) is 55.8 Å². The number of aromatic carboxylic acids is 1. The first kappa shape index (κ1) is 20.8. The van der Waals surface area contributed by atoms with Crippen LogP contribution in [-0.4, -0.2) is 25.3 Å². The Hall–Kier alpha value is -2.93. The van der Waals surface area contributed by atoms with Crippen LogP contribution in [0.5, 0.6) is 11.5 Å². The van der Waals surface area contributed by atoms with Crippen LogP contribution >= 0.6 is 0 Å². The molecule has 0 bridgehead atoms. The van der Waals surface area contributed by atoms with Crippen molar-refractivity contribution in [1.29, 1.82) is 0 Å². The Balaban J connectivity index is 2.19. The van der Waals surface area contributed by atoms with Gasteiger partial charge in [0.2, 0.25) is 0 Å². The number of methoxy groups -OCH3 is 2. The molecule has 2 aromatic rings. The normalized spacial score (nSPS) is 16.2. The maximum absolute atomic E-state index is 11.0. The molecule has 1 aliphatic carbocycles. The molecule has 0 heterocycles. The van der Waals surface area contributed by atoms with Gasteiger partial charge in [-0.2, -0.15) is 0 Å². The first-order chi connectivity index (χ1) is 13.6. The van der Waals surface area contributed by atoms with Gasteiger partial charge in [0.15, 0.2) is 0 Å². The lowest BCUT2D eigenvalue weighted by Gasteiger charge is -2.43. The first-order valence-corrected chi connectivity index (χ1v) is 9.76. The minimum Gasteiger partial charge on any atom is -0.495 e. The van der Waals surface area contributed by atoms with Crippen molar-refractivity contribution in [3.63, 3.8) is 0 Å². The molecule has 0 saturated carbocycles. The second-order valence-corrected chi connectivity index (χ2v) is 8.81. The molecular weight excluding hydrogens is 364 g/mol. The molecule has 0 fully saturated rings. The summed E-state index contributed by atoms with van der Waals surface area (Å²) in [6, 6.07) is 8.64. The van der Waals surface area contributed by atoms with Crippen LogP contribution in [0.2, 0.25) is 0 Å². The summed E-state index contributed by atoms with van der Waals surface area (Å²) in [5.74, 6) is 6.86. The van der Waals surface area contributed by atoms with Crippen molar-refractivity contribution in [3.05, 3.63) is 58.1 Å². The molecule has 1 N–H and O–H groups in total. The zero-order chi connectivity index (χ0) is 21.4. The fourth-order valence-electron chi connectivity index (χ4n) is 4.04. The summed E-state index contributed by atoms with van der Waals surface area (Å²) in [6.45, 7) is 9.01. The van der Waals surface area contributed by atoms with E-state index in [2.05, 4.69) is 45.6 Å². The molecule has 0 atom stereocenters. The molecule has 1 aliphatic rings. The number of carboxylic acid groups (broad SMARTS) is 1. The highest BCUT2D eigenvalue weighted by Crippen LogP contribution is 2.52. The van der Waals surface area contributed by atoms with Gasteiger partial charge in [-0.3, -0.25) is 0 Å². The van der Waals surface area contributed by atoms with Gasteiger partial charge in [0.25, 0.3) is 0 Å². The number of benzene rings is 2. The predicted molar refractivity (Wildman–Crippen MR) is 114 cm³/mol. The third-order valence-electron chi connectivity index (χ3n) is 5.91. The van der Waals surface area contributed by atoms with Crippen molar-refractivity contribution >= 4 is 5.97 Å². The highest BCUT2D eigenvalue weighted by molar-refractivity contribution is 5.87. The summed E-state index contributed by atoms with van der Waals surface area (Å²) in [5.41, 5.74) is 4.15. The quantitative estimate of drug-likeness (QED) is 0.734. The summed E-state index contributed by atoms with van der Waals surface area (Å²) in [5, 5.41) is 9.06. The molecule has 152 valence electrons. The Morgan fingerprint density at radius 3 is 2.14 bits per heavy atom. The lowest BCUT2D eigenvalue weighted by molar-refractivity contribution is 0.0697. The molecule has 0 aromatic heterocycles. The smallest absolute Gasteiger partial charge is 0.335 e. The number of rotatable bonds is 3. The molecule has 4 nitrogen and oxygen atoms in total. The third-order valence-corrected chi connectivity index (χ3v) is 5.91. The zero-order valence-corrected chi connectivity index (χ0v) is 18.0. The van der Waals surface area contributed by atoms with Gasteiger partial charge >= 0.3 is 5.97 Å². The van der Waals surface area contributed by atoms with Crippen molar-refractivity contribution in [2.75, 3.05) is 14.2 Å². The maximum atomic E-state index is 11.0. The van der Waals surface area contributed by atoms with Crippen molar-refractivity contribution in [1.82, 2.24) is 0 Å². The van der Waals surface area contributed by atoms with E-state index in [0.29, 0.717) is 5.75 Å². The van der Waals surface area contributed by atoms with Crippen molar-refractivity contribution in [3.8, 4) is 23.3 Å². The van der Waals surface area contributed by atoms with Crippen LogP contribution in [-0.2, 0) is 10.8 Å². The summed E-state index contributed by atoms with van der Waals surface area (Å²) in [6.07, 6.45) is 2.17.